The fraction of sp³-hybridized carbons (Fsp3) is 0.538. The van der Waals surface area contributed by atoms with Crippen LogP contribution in [-0.2, 0) is 16.4 Å². The second kappa shape index (κ2) is 7.71. The molecule has 1 rings (SSSR count). The van der Waals surface area contributed by atoms with Gasteiger partial charge in [-0.2, -0.15) is 0 Å². The van der Waals surface area contributed by atoms with Crippen LogP contribution in [0.2, 0.25) is 5.02 Å². The first kappa shape index (κ1) is 17.1. The zero-order valence-electron chi connectivity index (χ0n) is 11.7. The van der Waals surface area contributed by atoms with Gasteiger partial charge in [0.1, 0.15) is 9.84 Å². The Morgan fingerprint density at radius 2 is 2.05 bits per heavy atom. The number of ether oxygens (including phenoxy) is 2. The van der Waals surface area contributed by atoms with Crippen molar-refractivity contribution < 1.29 is 17.9 Å². The molecule has 0 aliphatic rings. The minimum Gasteiger partial charge on any atom is -0.493 e. The third kappa shape index (κ3) is 4.85. The Balaban J connectivity index is 2.72. The minimum atomic E-state index is -2.97. The van der Waals surface area contributed by atoms with Gasteiger partial charge in [0.25, 0.3) is 0 Å². The molecule has 0 heterocycles. The van der Waals surface area contributed by atoms with E-state index >= 15 is 0 Å². The molecule has 0 atom stereocenters. The molecule has 0 saturated heterocycles. The molecule has 0 unspecified atom stereocenters. The lowest BCUT2D eigenvalue weighted by atomic mass is 10.2. The van der Waals surface area contributed by atoms with Crippen LogP contribution in [0.3, 0.4) is 0 Å². The van der Waals surface area contributed by atoms with Crippen LogP contribution in [0.15, 0.2) is 12.1 Å². The van der Waals surface area contributed by atoms with Crippen LogP contribution in [0.25, 0.3) is 0 Å². The fourth-order valence-electron chi connectivity index (χ4n) is 1.69. The smallest absolute Gasteiger partial charge is 0.165 e. The largest absolute Gasteiger partial charge is 0.493 e. The highest BCUT2D eigenvalue weighted by molar-refractivity contribution is 7.91. The number of hydrogen-bond acceptors (Lipinski definition) is 5. The van der Waals surface area contributed by atoms with E-state index < -0.39 is 9.84 Å². The molecule has 0 aromatic heterocycles. The molecule has 0 bridgehead atoms. The molecule has 1 aromatic carbocycles. The second-order valence-electron chi connectivity index (χ2n) is 4.24. The summed E-state index contributed by atoms with van der Waals surface area (Å²) >= 11 is 5.95. The van der Waals surface area contributed by atoms with Gasteiger partial charge < -0.3 is 15.2 Å². The van der Waals surface area contributed by atoms with E-state index in [1.807, 2.05) is 0 Å². The van der Waals surface area contributed by atoms with E-state index in [-0.39, 0.29) is 24.7 Å². The lowest BCUT2D eigenvalue weighted by Gasteiger charge is -2.15. The molecule has 114 valence electrons. The molecule has 20 heavy (non-hydrogen) atoms. The van der Waals surface area contributed by atoms with Gasteiger partial charge in [-0.25, -0.2) is 8.42 Å². The summed E-state index contributed by atoms with van der Waals surface area (Å²) in [4.78, 5) is 0. The summed E-state index contributed by atoms with van der Waals surface area (Å²) < 4.78 is 33.6. The first-order valence-electron chi connectivity index (χ1n) is 6.33. The fourth-order valence-corrected chi connectivity index (χ4v) is 2.76. The number of rotatable bonds is 8. The van der Waals surface area contributed by atoms with Crippen LogP contribution in [0.5, 0.6) is 11.5 Å². The van der Waals surface area contributed by atoms with Gasteiger partial charge in [0.2, 0.25) is 0 Å². The Morgan fingerprint density at radius 1 is 1.35 bits per heavy atom. The third-order valence-corrected chi connectivity index (χ3v) is 4.83. The molecule has 7 heteroatoms. The molecule has 0 amide bonds. The highest BCUT2D eigenvalue weighted by Gasteiger charge is 2.13. The van der Waals surface area contributed by atoms with Gasteiger partial charge in [-0.05, 0) is 12.5 Å². The van der Waals surface area contributed by atoms with E-state index in [1.54, 1.807) is 19.1 Å². The first-order chi connectivity index (χ1) is 9.43. The quantitative estimate of drug-likeness (QED) is 0.741. The molecule has 0 aliphatic carbocycles. The summed E-state index contributed by atoms with van der Waals surface area (Å²) in [7, 11) is -1.45. The highest BCUT2D eigenvalue weighted by atomic mass is 35.5. The normalized spacial score (nSPS) is 11.4. The van der Waals surface area contributed by atoms with Crippen molar-refractivity contribution in [1.82, 2.24) is 0 Å². The summed E-state index contributed by atoms with van der Waals surface area (Å²) in [5, 5.41) is 0.517. The van der Waals surface area contributed by atoms with Crippen molar-refractivity contribution in [2.75, 3.05) is 25.2 Å². The molecule has 5 nitrogen and oxygen atoms in total. The molecule has 0 saturated carbocycles. The third-order valence-electron chi connectivity index (χ3n) is 2.82. The zero-order chi connectivity index (χ0) is 15.2. The summed E-state index contributed by atoms with van der Waals surface area (Å²) in [5.41, 5.74) is 6.38. The minimum absolute atomic E-state index is 0.108. The van der Waals surface area contributed by atoms with Crippen molar-refractivity contribution >= 4 is 21.4 Å². The maximum Gasteiger partial charge on any atom is 0.165 e. The molecule has 0 fully saturated rings. The number of benzene rings is 1. The zero-order valence-corrected chi connectivity index (χ0v) is 13.3. The van der Waals surface area contributed by atoms with Crippen molar-refractivity contribution in [3.05, 3.63) is 22.7 Å². The van der Waals surface area contributed by atoms with Crippen LogP contribution < -0.4 is 15.2 Å². The Labute approximate surface area is 124 Å². The maximum atomic E-state index is 11.4. The molecule has 2 N–H and O–H groups in total. The lowest BCUT2D eigenvalue weighted by Crippen LogP contribution is -2.13. The van der Waals surface area contributed by atoms with Gasteiger partial charge >= 0.3 is 0 Å². The van der Waals surface area contributed by atoms with Gasteiger partial charge in [0, 0.05) is 29.0 Å². The van der Waals surface area contributed by atoms with Crippen LogP contribution in [-0.4, -0.2) is 33.6 Å². The maximum absolute atomic E-state index is 11.4. The average molecular weight is 322 g/mol. The standard InChI is InChI=1S/C13H20ClNO4S/c1-3-20(16,17)6-4-5-19-13-10(9-15)7-11(14)8-12(13)18-2/h7-8H,3-6,9,15H2,1-2H3. The molecule has 0 aliphatic heterocycles. The Morgan fingerprint density at radius 3 is 2.60 bits per heavy atom. The van der Waals surface area contributed by atoms with Crippen molar-refractivity contribution in [2.45, 2.75) is 19.9 Å². The molecular formula is C13H20ClNO4S. The number of sulfone groups is 1. The van der Waals surface area contributed by atoms with Gasteiger partial charge in [-0.15, -0.1) is 0 Å². The van der Waals surface area contributed by atoms with E-state index in [0.29, 0.717) is 22.9 Å². The SMILES string of the molecule is CCS(=O)(=O)CCCOc1c(CN)cc(Cl)cc1OC. The van der Waals surface area contributed by atoms with E-state index in [0.717, 1.165) is 5.56 Å². The number of hydrogen-bond donors (Lipinski definition) is 1. The van der Waals surface area contributed by atoms with E-state index in [9.17, 15) is 8.42 Å². The molecule has 1 aromatic rings. The van der Waals surface area contributed by atoms with E-state index in [1.165, 1.54) is 7.11 Å². The highest BCUT2D eigenvalue weighted by Crippen LogP contribution is 2.34. The van der Waals surface area contributed by atoms with Crippen molar-refractivity contribution in [3.8, 4) is 11.5 Å². The van der Waals surface area contributed by atoms with Gasteiger partial charge in [-0.3, -0.25) is 0 Å². The Kier molecular flexibility index (Phi) is 6.58. The molecule has 0 spiro atoms. The number of methoxy groups -OCH3 is 1. The van der Waals surface area contributed by atoms with Crippen LogP contribution in [0, 0.1) is 0 Å². The first-order valence-corrected chi connectivity index (χ1v) is 8.53. The van der Waals surface area contributed by atoms with Crippen LogP contribution in [0.1, 0.15) is 18.9 Å². The van der Waals surface area contributed by atoms with Crippen molar-refractivity contribution in [2.24, 2.45) is 5.73 Å². The van der Waals surface area contributed by atoms with Crippen LogP contribution in [0.4, 0.5) is 0 Å². The summed E-state index contributed by atoms with van der Waals surface area (Å²) in [6.07, 6.45) is 0.423. The monoisotopic (exact) mass is 321 g/mol. The lowest BCUT2D eigenvalue weighted by molar-refractivity contribution is 0.291. The predicted molar refractivity (Wildman–Crippen MR) is 80.3 cm³/mol. The van der Waals surface area contributed by atoms with Gasteiger partial charge in [0.15, 0.2) is 11.5 Å². The predicted octanol–water partition coefficient (Wildman–Crippen LogP) is 2.01. The van der Waals surface area contributed by atoms with E-state index in [4.69, 9.17) is 26.8 Å². The van der Waals surface area contributed by atoms with Crippen molar-refractivity contribution in [3.63, 3.8) is 0 Å². The van der Waals surface area contributed by atoms with Crippen LogP contribution >= 0.6 is 11.6 Å². The summed E-state index contributed by atoms with van der Waals surface area (Å²) in [6, 6.07) is 3.35. The summed E-state index contributed by atoms with van der Waals surface area (Å²) in [6.45, 7) is 2.18. The second-order valence-corrected chi connectivity index (χ2v) is 7.15. The topological polar surface area (TPSA) is 78.6 Å². The molecule has 0 radical (unpaired) electrons. The number of nitrogens with two attached hydrogens (primary N) is 1. The Hall–Kier alpha value is -0.980. The summed E-state index contributed by atoms with van der Waals surface area (Å²) in [5.74, 6) is 1.27. The van der Waals surface area contributed by atoms with Gasteiger partial charge in [-0.1, -0.05) is 18.5 Å². The van der Waals surface area contributed by atoms with Gasteiger partial charge in [0.05, 0.1) is 19.5 Å². The Bertz CT molecular complexity index is 520. The molecular weight excluding hydrogens is 302 g/mol. The average Bonchev–Trinajstić information content (AvgIpc) is 2.43. The number of halogens is 1. The van der Waals surface area contributed by atoms with E-state index in [2.05, 4.69) is 0 Å². The van der Waals surface area contributed by atoms with Crippen molar-refractivity contribution in [1.29, 1.82) is 0 Å².